The fraction of sp³-hybridized carbons (Fsp3) is 0.833. The summed E-state index contributed by atoms with van der Waals surface area (Å²) in [6, 6.07) is 0. The van der Waals surface area contributed by atoms with Gasteiger partial charge in [0.1, 0.15) is 19.1 Å². The van der Waals surface area contributed by atoms with Crippen LogP contribution in [0, 0.1) is 5.92 Å². The average molecular weight is 224 g/mol. The third-order valence-corrected chi connectivity index (χ3v) is 2.91. The normalized spacial score (nSPS) is 19.4. The predicted octanol–water partition coefficient (Wildman–Crippen LogP) is 2.04. The average Bonchev–Trinajstić information content (AvgIpc) is 2.97. The second kappa shape index (κ2) is 5.87. The molecular formula is C12H20N2O2. The summed E-state index contributed by atoms with van der Waals surface area (Å²) in [4.78, 5) is 8.79. The largest absolute Gasteiger partial charge is 0.478 e. The molecule has 0 saturated heterocycles. The Bertz CT molecular complexity index is 263. The van der Waals surface area contributed by atoms with Crippen molar-refractivity contribution in [3.8, 4) is 0 Å². The summed E-state index contributed by atoms with van der Waals surface area (Å²) in [5.74, 6) is 1.87. The van der Waals surface area contributed by atoms with Gasteiger partial charge in [-0.3, -0.25) is 9.98 Å². The molecule has 0 aliphatic carbocycles. The summed E-state index contributed by atoms with van der Waals surface area (Å²) in [6.07, 6.45) is 4.71. The second-order valence-corrected chi connectivity index (χ2v) is 4.19. The highest BCUT2D eigenvalue weighted by atomic mass is 16.5. The first-order chi connectivity index (χ1) is 7.92. The first kappa shape index (κ1) is 11.4. The topological polar surface area (TPSA) is 43.2 Å². The van der Waals surface area contributed by atoms with Gasteiger partial charge in [-0.15, -0.1) is 0 Å². The lowest BCUT2D eigenvalue weighted by Gasteiger charge is -2.15. The lowest BCUT2D eigenvalue weighted by atomic mass is 10.0. The van der Waals surface area contributed by atoms with Crippen molar-refractivity contribution in [3.63, 3.8) is 0 Å². The molecule has 0 N–H and O–H groups in total. The van der Waals surface area contributed by atoms with E-state index in [9.17, 15) is 0 Å². The maximum atomic E-state index is 5.55. The first-order valence-electron chi connectivity index (χ1n) is 6.26. The zero-order valence-corrected chi connectivity index (χ0v) is 9.95. The van der Waals surface area contributed by atoms with Gasteiger partial charge in [-0.05, 0) is 6.42 Å². The van der Waals surface area contributed by atoms with Crippen LogP contribution in [0.4, 0.5) is 0 Å². The van der Waals surface area contributed by atoms with Crippen LogP contribution >= 0.6 is 0 Å². The Balaban J connectivity index is 1.94. The molecule has 0 atom stereocenters. The van der Waals surface area contributed by atoms with Crippen molar-refractivity contribution in [1.82, 2.24) is 0 Å². The van der Waals surface area contributed by atoms with Crippen LogP contribution in [0.5, 0.6) is 0 Å². The maximum Gasteiger partial charge on any atom is 0.196 e. The lowest BCUT2D eigenvalue weighted by Crippen LogP contribution is -2.25. The Morgan fingerprint density at radius 1 is 1.06 bits per heavy atom. The van der Waals surface area contributed by atoms with E-state index in [2.05, 4.69) is 16.9 Å². The minimum Gasteiger partial charge on any atom is -0.478 e. The Hall–Kier alpha value is -1.06. The molecule has 90 valence electrons. The van der Waals surface area contributed by atoms with E-state index in [1.54, 1.807) is 0 Å². The highest BCUT2D eigenvalue weighted by Gasteiger charge is 2.28. The summed E-state index contributed by atoms with van der Waals surface area (Å²) in [5, 5.41) is 0. The van der Waals surface area contributed by atoms with Crippen molar-refractivity contribution in [3.05, 3.63) is 0 Å². The minimum atomic E-state index is 0.177. The van der Waals surface area contributed by atoms with Crippen LogP contribution in [0.2, 0.25) is 0 Å². The van der Waals surface area contributed by atoms with Gasteiger partial charge in [0, 0.05) is 0 Å². The molecule has 4 heteroatoms. The number of nitrogens with zero attached hydrogens (tertiary/aromatic N) is 2. The van der Waals surface area contributed by atoms with E-state index in [0.29, 0.717) is 13.2 Å². The number of rotatable bonds is 6. The van der Waals surface area contributed by atoms with Crippen LogP contribution in [0.1, 0.15) is 32.6 Å². The Labute approximate surface area is 96.8 Å². The molecule has 4 nitrogen and oxygen atoms in total. The van der Waals surface area contributed by atoms with Crippen LogP contribution in [-0.4, -0.2) is 38.1 Å². The van der Waals surface area contributed by atoms with Crippen LogP contribution in [0.15, 0.2) is 9.98 Å². The fourth-order valence-electron chi connectivity index (χ4n) is 2.08. The molecule has 2 rings (SSSR count). The van der Waals surface area contributed by atoms with Crippen molar-refractivity contribution < 1.29 is 9.47 Å². The zero-order valence-electron chi connectivity index (χ0n) is 9.95. The summed E-state index contributed by atoms with van der Waals surface area (Å²) in [6.45, 7) is 5.21. The number of hydrogen-bond acceptors (Lipinski definition) is 4. The van der Waals surface area contributed by atoms with Crippen LogP contribution in [-0.2, 0) is 9.47 Å². The van der Waals surface area contributed by atoms with Crippen LogP contribution in [0.3, 0.4) is 0 Å². The molecule has 0 saturated carbocycles. The van der Waals surface area contributed by atoms with Crippen LogP contribution in [0.25, 0.3) is 0 Å². The molecule has 0 amide bonds. The van der Waals surface area contributed by atoms with E-state index in [1.807, 2.05) is 0 Å². The van der Waals surface area contributed by atoms with Gasteiger partial charge in [0.15, 0.2) is 11.8 Å². The summed E-state index contributed by atoms with van der Waals surface area (Å²) < 4.78 is 11.1. The van der Waals surface area contributed by atoms with Crippen molar-refractivity contribution >= 4 is 11.8 Å². The van der Waals surface area contributed by atoms with Crippen molar-refractivity contribution in [2.24, 2.45) is 15.9 Å². The minimum absolute atomic E-state index is 0.177. The molecule has 16 heavy (non-hydrogen) atoms. The zero-order chi connectivity index (χ0) is 11.2. The van der Waals surface area contributed by atoms with Gasteiger partial charge >= 0.3 is 0 Å². The molecule has 2 heterocycles. The number of hydrogen-bond donors (Lipinski definition) is 0. The Morgan fingerprint density at radius 3 is 2.12 bits per heavy atom. The summed E-state index contributed by atoms with van der Waals surface area (Å²) in [7, 11) is 0. The quantitative estimate of drug-likeness (QED) is 0.648. The third-order valence-electron chi connectivity index (χ3n) is 2.91. The van der Waals surface area contributed by atoms with E-state index < -0.39 is 0 Å². The van der Waals surface area contributed by atoms with E-state index in [1.165, 1.54) is 19.3 Å². The molecule has 0 unspecified atom stereocenters. The smallest absolute Gasteiger partial charge is 0.196 e. The highest BCUT2D eigenvalue weighted by molar-refractivity contribution is 6.01. The SMILES string of the molecule is CCCCCC(C1=NCCO1)C1=NCCO1. The number of unbranched alkanes of at least 4 members (excludes halogenated alkanes) is 2. The maximum absolute atomic E-state index is 5.55. The van der Waals surface area contributed by atoms with E-state index in [-0.39, 0.29) is 5.92 Å². The predicted molar refractivity (Wildman–Crippen MR) is 64.1 cm³/mol. The van der Waals surface area contributed by atoms with Gasteiger partial charge in [0.2, 0.25) is 0 Å². The summed E-state index contributed by atoms with van der Waals surface area (Å²) >= 11 is 0. The standard InChI is InChI=1S/C12H20N2O2/c1-2-3-4-5-10(11-13-6-8-15-11)12-14-7-9-16-12/h10H,2-9H2,1H3. The molecule has 2 aliphatic heterocycles. The van der Waals surface area contributed by atoms with E-state index >= 15 is 0 Å². The molecular weight excluding hydrogens is 204 g/mol. The second-order valence-electron chi connectivity index (χ2n) is 4.19. The molecule has 0 aromatic heterocycles. The van der Waals surface area contributed by atoms with Crippen molar-refractivity contribution in [2.45, 2.75) is 32.6 Å². The molecule has 0 spiro atoms. The number of aliphatic imine (C=N–C) groups is 2. The molecule has 0 fully saturated rings. The van der Waals surface area contributed by atoms with Crippen molar-refractivity contribution in [1.29, 1.82) is 0 Å². The third kappa shape index (κ3) is 2.74. The molecule has 0 bridgehead atoms. The highest BCUT2D eigenvalue weighted by Crippen LogP contribution is 2.19. The molecule has 0 aromatic carbocycles. The first-order valence-corrected chi connectivity index (χ1v) is 6.26. The molecule has 0 aromatic rings. The lowest BCUT2D eigenvalue weighted by molar-refractivity contribution is 0.300. The van der Waals surface area contributed by atoms with E-state index in [0.717, 1.165) is 31.3 Å². The van der Waals surface area contributed by atoms with Gasteiger partial charge < -0.3 is 9.47 Å². The molecule has 0 radical (unpaired) electrons. The summed E-state index contributed by atoms with van der Waals surface area (Å²) in [5.41, 5.74) is 0. The Morgan fingerprint density at radius 2 is 1.69 bits per heavy atom. The Kier molecular flexibility index (Phi) is 4.19. The van der Waals surface area contributed by atoms with Crippen molar-refractivity contribution in [2.75, 3.05) is 26.3 Å². The van der Waals surface area contributed by atoms with Gasteiger partial charge in [0.25, 0.3) is 0 Å². The van der Waals surface area contributed by atoms with Gasteiger partial charge in [0.05, 0.1) is 13.1 Å². The van der Waals surface area contributed by atoms with E-state index in [4.69, 9.17) is 9.47 Å². The van der Waals surface area contributed by atoms with Gasteiger partial charge in [-0.25, -0.2) is 0 Å². The van der Waals surface area contributed by atoms with Crippen LogP contribution < -0.4 is 0 Å². The van der Waals surface area contributed by atoms with Gasteiger partial charge in [-0.1, -0.05) is 26.2 Å². The molecule has 2 aliphatic rings. The fourth-order valence-corrected chi connectivity index (χ4v) is 2.08. The monoisotopic (exact) mass is 224 g/mol. The van der Waals surface area contributed by atoms with Gasteiger partial charge in [-0.2, -0.15) is 0 Å². The number of ether oxygens (including phenoxy) is 2.